The molecule has 4 nitrogen and oxygen atoms in total. The Morgan fingerprint density at radius 3 is 0.778 bits per heavy atom. The molecule has 2 heterocycles. The Balaban J connectivity index is 1.12. The highest BCUT2D eigenvalue weighted by Gasteiger charge is 2.42. The van der Waals surface area contributed by atoms with Gasteiger partial charge in [-0.3, -0.25) is 0 Å². The van der Waals surface area contributed by atoms with Crippen LogP contribution in [0.4, 0.5) is 119 Å². The molecule has 11 aromatic carbocycles. The molecule has 13 rings (SSSR count). The van der Waals surface area contributed by atoms with Crippen molar-refractivity contribution >= 4 is 43.6 Å². The van der Waals surface area contributed by atoms with Crippen LogP contribution in [0.3, 0.4) is 0 Å². The van der Waals surface area contributed by atoms with Crippen LogP contribution < -0.4 is 0 Å². The van der Waals surface area contributed by atoms with E-state index in [1.807, 2.05) is 6.07 Å². The van der Waals surface area contributed by atoms with Crippen LogP contribution in [-0.2, 0) is 55.6 Å². The number of hydrogen-bond acceptors (Lipinski definition) is 2. The second-order valence-electron chi connectivity index (χ2n) is 24.7. The topological polar surface area (TPSA) is 57.4 Å². The Kier molecular flexibility index (Phi) is 17.5. The fourth-order valence-corrected chi connectivity index (χ4v) is 13.0. The van der Waals surface area contributed by atoms with Gasteiger partial charge in [-0.2, -0.15) is 129 Å². The summed E-state index contributed by atoms with van der Waals surface area (Å²) in [7, 11) is 0. The summed E-state index contributed by atoms with van der Waals surface area (Å²) >= 11 is 0. The van der Waals surface area contributed by atoms with E-state index < -0.39 is 145 Å². The molecule has 0 bridgehead atoms. The number of halogens is 27. The van der Waals surface area contributed by atoms with E-state index in [2.05, 4.69) is 0 Å². The molecule has 550 valence electrons. The summed E-state index contributed by atoms with van der Waals surface area (Å²) in [5, 5.41) is 20.8. The molecule has 0 atom stereocenters. The molecule has 31 heteroatoms. The van der Waals surface area contributed by atoms with E-state index in [9.17, 15) is 129 Å². The number of benzene rings is 11. The third-order valence-electron chi connectivity index (χ3n) is 17.9. The van der Waals surface area contributed by atoms with Crippen LogP contribution in [0.25, 0.3) is 122 Å². The lowest BCUT2D eigenvalue weighted by Gasteiger charge is -2.19. The number of aromatic nitrogens is 2. The summed E-state index contributed by atoms with van der Waals surface area (Å²) in [5.74, 6) is 0. The molecule has 108 heavy (non-hydrogen) atoms. The van der Waals surface area contributed by atoms with Crippen LogP contribution in [0.5, 0.6) is 0 Å². The summed E-state index contributed by atoms with van der Waals surface area (Å²) in [6.07, 6.45) is -48.3. The first-order valence-corrected chi connectivity index (χ1v) is 30.7. The van der Waals surface area contributed by atoms with Crippen molar-refractivity contribution < 1.29 is 119 Å². The van der Waals surface area contributed by atoms with Crippen molar-refractivity contribution in [3.8, 4) is 90.3 Å². The lowest BCUT2D eigenvalue weighted by atomic mass is 9.91. The zero-order chi connectivity index (χ0) is 78.5. The van der Waals surface area contributed by atoms with E-state index in [1.54, 1.807) is 6.07 Å². The van der Waals surface area contributed by atoms with Gasteiger partial charge in [-0.1, -0.05) is 36.4 Å². The number of alkyl halides is 27. The molecule has 13 aromatic rings. The zero-order valence-corrected chi connectivity index (χ0v) is 53.0. The highest BCUT2D eigenvalue weighted by atomic mass is 19.4. The van der Waals surface area contributed by atoms with E-state index in [1.165, 1.54) is 39.5 Å². The Hall–Kier alpha value is -11.9. The Labute approximate surface area is 587 Å². The number of rotatable bonds is 8. The molecule has 0 N–H and O–H groups in total. The third kappa shape index (κ3) is 14.0. The Bertz CT molecular complexity index is 5550. The van der Waals surface area contributed by atoms with Crippen molar-refractivity contribution in [3.05, 3.63) is 261 Å². The van der Waals surface area contributed by atoms with Crippen LogP contribution in [0, 0.1) is 22.7 Å². The molecule has 0 spiro atoms. The third-order valence-corrected chi connectivity index (χ3v) is 17.9. The monoisotopic (exact) mass is 1530 g/mol. The molecule has 0 aliphatic heterocycles. The quantitative estimate of drug-likeness (QED) is 0.142. The van der Waals surface area contributed by atoms with E-state index in [-0.39, 0.29) is 118 Å². The SMILES string of the molecule is N#Cc1cc(C(F)(F)F)ccc1-c1ccc(-n2c3ccc(-c4cc(C(F)(F)F)cc(C(F)(F)F)c4)cc3c3cc(-c4cc(C(F)(F)F)cc(C(F)(F)F)c4)ccc32)c(-c2cc(-n3c4ccc(-c5cc(C(F)(F)F)cc(C(F)(F)F)c5)cc4c4cc(-c5cc(C(F)(F)F)cc(C(F)(F)F)c5)ccc43)ccc2C#N)c1. The fourth-order valence-electron chi connectivity index (χ4n) is 13.0. The van der Waals surface area contributed by atoms with Crippen molar-refractivity contribution in [2.45, 2.75) is 55.6 Å². The summed E-state index contributed by atoms with van der Waals surface area (Å²) in [6.45, 7) is 0. The molecule has 0 aliphatic rings. The van der Waals surface area contributed by atoms with Crippen molar-refractivity contribution in [3.63, 3.8) is 0 Å². The minimum Gasteiger partial charge on any atom is -0.309 e. The minimum absolute atomic E-state index is 0.0813. The molecule has 0 aliphatic carbocycles. The van der Waals surface area contributed by atoms with Gasteiger partial charge in [0.05, 0.1) is 101 Å². The van der Waals surface area contributed by atoms with E-state index in [0.717, 1.165) is 84.9 Å². The van der Waals surface area contributed by atoms with Crippen LogP contribution >= 0.6 is 0 Å². The van der Waals surface area contributed by atoms with Gasteiger partial charge in [0, 0.05) is 38.4 Å². The maximum absolute atomic E-state index is 14.4. The molecule has 0 unspecified atom stereocenters. The molecular formula is C77H33F27N4. The van der Waals surface area contributed by atoms with Gasteiger partial charge in [0.15, 0.2) is 0 Å². The van der Waals surface area contributed by atoms with Crippen LogP contribution in [-0.4, -0.2) is 9.13 Å². The van der Waals surface area contributed by atoms with Crippen LogP contribution in [0.15, 0.2) is 200 Å². The zero-order valence-electron chi connectivity index (χ0n) is 53.0. The molecule has 0 amide bonds. The number of fused-ring (bicyclic) bond motifs is 6. The second kappa shape index (κ2) is 25.4. The molecular weight excluding hydrogens is 1490 g/mol. The van der Waals surface area contributed by atoms with Crippen LogP contribution in [0.1, 0.15) is 61.2 Å². The summed E-state index contributed by atoms with van der Waals surface area (Å²) in [5.41, 5.74) is -22.5. The first kappa shape index (κ1) is 74.4. The highest BCUT2D eigenvalue weighted by molar-refractivity contribution is 6.14. The fraction of sp³-hybridized carbons (Fsp3) is 0.117. The van der Waals surface area contributed by atoms with Gasteiger partial charge in [-0.25, -0.2) is 0 Å². The largest absolute Gasteiger partial charge is 0.416 e. The second-order valence-corrected chi connectivity index (χ2v) is 24.7. The van der Waals surface area contributed by atoms with E-state index in [4.69, 9.17) is 0 Å². The smallest absolute Gasteiger partial charge is 0.309 e. The highest BCUT2D eigenvalue weighted by Crippen LogP contribution is 2.50. The van der Waals surface area contributed by atoms with Gasteiger partial charge in [0.2, 0.25) is 0 Å². The van der Waals surface area contributed by atoms with Gasteiger partial charge in [-0.05, 0) is 219 Å². The normalized spacial score (nSPS) is 13.1. The molecule has 0 radical (unpaired) electrons. The standard InChI is InChI=1S/C77H33F27N4/c78-69(79,80)47-7-9-57(46(23-47)35-106)40-6-14-66(108-67-12-4-38(44-19-52(74(93,94)95)31-53(20-44)75(96,97)98)26-62(67)63-27-39(5-13-68(63)108)45-21-54(76(99,100)101)32-55(22-45)77(102,103)104)59(28-40)58-33-56(8-1-41(58)34-105)107-64-10-2-36(42-15-48(70(81,82)83)29-49(16-42)71(84,85)86)24-60(64)61-25-37(3-11-65(61)107)43-17-50(72(87,88)89)30-51(18-43)73(90,91)92/h1-33H. The van der Waals surface area contributed by atoms with Gasteiger partial charge in [0.25, 0.3) is 0 Å². The number of nitrogens with zero attached hydrogens (tertiary/aromatic N) is 4. The van der Waals surface area contributed by atoms with Crippen molar-refractivity contribution in [1.82, 2.24) is 9.13 Å². The van der Waals surface area contributed by atoms with Gasteiger partial charge >= 0.3 is 55.6 Å². The summed E-state index contributed by atoms with van der Waals surface area (Å²) in [6, 6.07) is 28.2. The van der Waals surface area contributed by atoms with Crippen molar-refractivity contribution in [2.75, 3.05) is 0 Å². The first-order chi connectivity index (χ1) is 50.1. The lowest BCUT2D eigenvalue weighted by molar-refractivity contribution is -0.144. The minimum atomic E-state index is -5.41. The predicted molar refractivity (Wildman–Crippen MR) is 342 cm³/mol. The van der Waals surface area contributed by atoms with Gasteiger partial charge in [0.1, 0.15) is 0 Å². The molecule has 0 fully saturated rings. The molecule has 0 saturated heterocycles. The average molecular weight is 1530 g/mol. The molecule has 2 aromatic heterocycles. The number of hydrogen-bond donors (Lipinski definition) is 0. The number of nitriles is 2. The lowest BCUT2D eigenvalue weighted by Crippen LogP contribution is -2.11. The Morgan fingerprint density at radius 1 is 0.204 bits per heavy atom. The van der Waals surface area contributed by atoms with Crippen molar-refractivity contribution in [2.24, 2.45) is 0 Å². The summed E-state index contributed by atoms with van der Waals surface area (Å²) in [4.78, 5) is 0. The molecule has 0 saturated carbocycles. The van der Waals surface area contributed by atoms with E-state index in [0.29, 0.717) is 60.7 Å². The average Bonchev–Trinajstić information content (AvgIpc) is 1.56. The first-order valence-electron chi connectivity index (χ1n) is 30.7. The van der Waals surface area contributed by atoms with Gasteiger partial charge < -0.3 is 9.13 Å². The van der Waals surface area contributed by atoms with Gasteiger partial charge in [-0.15, -0.1) is 0 Å². The van der Waals surface area contributed by atoms with E-state index >= 15 is 0 Å². The van der Waals surface area contributed by atoms with Crippen molar-refractivity contribution in [1.29, 1.82) is 10.5 Å². The van der Waals surface area contributed by atoms with Crippen LogP contribution in [0.2, 0.25) is 0 Å². The Morgan fingerprint density at radius 2 is 0.491 bits per heavy atom. The maximum Gasteiger partial charge on any atom is 0.416 e. The summed E-state index contributed by atoms with van der Waals surface area (Å²) < 4.78 is 391. The maximum atomic E-state index is 14.4. The predicted octanol–water partition coefficient (Wildman–Crippen LogP) is 26.8.